The Kier molecular flexibility index (Phi) is 11.6. The second kappa shape index (κ2) is 11.8. The van der Waals surface area contributed by atoms with E-state index in [2.05, 4.69) is 41.3 Å². The highest BCUT2D eigenvalue weighted by Crippen LogP contribution is 2.15. The highest BCUT2D eigenvalue weighted by Gasteiger charge is 1.95. The summed E-state index contributed by atoms with van der Waals surface area (Å²) >= 11 is 0. The topological polar surface area (TPSA) is 0 Å². The van der Waals surface area contributed by atoms with E-state index in [4.69, 9.17) is 1.34 Å². The third-order valence-corrected chi connectivity index (χ3v) is 2.26. The molecule has 0 aliphatic heterocycles. The molecule has 0 nitrogen and oxygen atoms in total. The molecule has 1 fully saturated rings. The summed E-state index contributed by atoms with van der Waals surface area (Å²) in [5.41, 5.74) is 0. The van der Waals surface area contributed by atoms with Crippen LogP contribution in [0.3, 0.4) is 0 Å². The number of allylic oxidation sites excluding steroid dienone is 2. The molecular weight excluding hydrogens is 155 g/mol. The van der Waals surface area contributed by atoms with Crippen molar-refractivity contribution in [3.05, 3.63) is 12.2 Å². The zero-order valence-corrected chi connectivity index (χ0v) is 9.55. The van der Waals surface area contributed by atoms with Crippen molar-refractivity contribution >= 4 is 8.38 Å². The van der Waals surface area contributed by atoms with Gasteiger partial charge in [0.05, 0.1) is 0 Å². The molecule has 76 valence electrons. The first-order chi connectivity index (χ1) is 6.81. The van der Waals surface area contributed by atoms with E-state index in [1.54, 1.807) is 0 Å². The van der Waals surface area contributed by atoms with Crippen LogP contribution in [0.2, 0.25) is 0 Å². The van der Waals surface area contributed by atoms with Gasteiger partial charge in [-0.25, -0.2) is 0 Å². The minimum Gasteiger partial charge on any atom is -0.0914 e. The molecule has 1 rings (SSSR count). The molecule has 13 heavy (non-hydrogen) atoms. The first kappa shape index (κ1) is 12.8. The quantitative estimate of drug-likeness (QED) is 0.457. The highest BCUT2D eigenvalue weighted by molar-refractivity contribution is 5.75. The predicted octanol–water partition coefficient (Wildman–Crippen LogP) is 3.91. The van der Waals surface area contributed by atoms with Crippen LogP contribution in [0, 0.1) is 5.92 Å². The molecule has 0 heterocycles. The van der Waals surface area contributed by atoms with Crippen LogP contribution in [-0.4, -0.2) is 9.71 Å². The molecule has 0 aromatic heterocycles. The van der Waals surface area contributed by atoms with Gasteiger partial charge in [0.2, 0.25) is 0 Å². The van der Waals surface area contributed by atoms with Gasteiger partial charge in [-0.05, 0) is 20.6 Å². The molecule has 1 atom stereocenters. The fraction of sp³-hybridized carbons (Fsp3) is 0.833. The van der Waals surface area contributed by atoms with Crippen LogP contribution in [0.1, 0.15) is 59.3 Å². The Morgan fingerprint density at radius 3 is 2.00 bits per heavy atom. The second-order valence-corrected chi connectivity index (χ2v) is 3.71. The van der Waals surface area contributed by atoms with Crippen molar-refractivity contribution in [1.82, 2.24) is 0 Å². The largest absolute Gasteiger partial charge is 0.0914 e. The summed E-state index contributed by atoms with van der Waals surface area (Å²) in [5.74, 6) is 0.782. The van der Waals surface area contributed by atoms with Crippen molar-refractivity contribution < 1.29 is 0 Å². The summed E-state index contributed by atoms with van der Waals surface area (Å²) in [5, 5.41) is 0. The molecule has 2 radical (unpaired) electrons. The molecule has 0 bridgehead atoms. The maximum Gasteiger partial charge on any atom is 0.0379 e. The third-order valence-electron chi connectivity index (χ3n) is 2.26. The fourth-order valence-electron chi connectivity index (χ4n) is 1.13. The SMILES string of the molecule is C/C=C/C(C)CCC.C1CCC1.[2H][B]. The lowest BCUT2D eigenvalue weighted by Gasteiger charge is -2.05. The van der Waals surface area contributed by atoms with Crippen molar-refractivity contribution in [2.75, 3.05) is 0 Å². The average Bonchev–Trinajstić information content (AvgIpc) is 2.06. The molecule has 1 heteroatoms. The molecule has 0 spiro atoms. The lowest BCUT2D eigenvalue weighted by atomic mass is 10.0. The molecule has 1 aliphatic rings. The Bertz CT molecular complexity index is 105. The Morgan fingerprint density at radius 1 is 1.31 bits per heavy atom. The maximum absolute atomic E-state index is 5.25. The number of hydrogen-bond donors (Lipinski definition) is 0. The molecule has 1 unspecified atom stereocenters. The van der Waals surface area contributed by atoms with Gasteiger partial charge in [-0.2, -0.15) is 0 Å². The van der Waals surface area contributed by atoms with Crippen molar-refractivity contribution in [3.63, 3.8) is 0 Å². The fourth-order valence-corrected chi connectivity index (χ4v) is 1.13. The van der Waals surface area contributed by atoms with E-state index in [1.165, 1.54) is 38.5 Å². The van der Waals surface area contributed by atoms with Crippen LogP contribution in [0.15, 0.2) is 12.2 Å². The Hall–Kier alpha value is -0.195. The van der Waals surface area contributed by atoms with Gasteiger partial charge >= 0.3 is 0 Å². The van der Waals surface area contributed by atoms with E-state index in [0.29, 0.717) is 0 Å². The van der Waals surface area contributed by atoms with E-state index in [-0.39, 0.29) is 0 Å². The molecule has 0 aromatic rings. The standard InChI is InChI=1S/C8H16.C4H8.BH/c1-4-6-8(3)7-5-2;1-2-4-3-1;/h4,6,8H,5,7H2,1-3H3;1-4H2;1H/b6-4+;;/i;;1D. The highest BCUT2D eigenvalue weighted by atomic mass is 14.0. The van der Waals surface area contributed by atoms with Crippen LogP contribution in [-0.2, 0) is 0 Å². The van der Waals surface area contributed by atoms with Gasteiger partial charge in [0.15, 0.2) is 0 Å². The number of hydrogen-bond acceptors (Lipinski definition) is 0. The summed E-state index contributed by atoms with van der Waals surface area (Å²) < 4.78 is 5.25. The Balaban J connectivity index is 0. The first-order valence-electron chi connectivity index (χ1n) is 6.01. The lowest BCUT2D eigenvalue weighted by Crippen LogP contribution is -1.85. The van der Waals surface area contributed by atoms with E-state index < -0.39 is 0 Å². The van der Waals surface area contributed by atoms with Crippen molar-refractivity contribution in [1.29, 1.82) is 1.34 Å². The van der Waals surface area contributed by atoms with Crippen LogP contribution < -0.4 is 0 Å². The van der Waals surface area contributed by atoms with Gasteiger partial charge in [-0.3, -0.25) is 0 Å². The summed E-state index contributed by atoms with van der Waals surface area (Å²) in [7, 11) is 3.75. The van der Waals surface area contributed by atoms with Crippen molar-refractivity contribution in [3.8, 4) is 0 Å². The molecule has 0 aromatic carbocycles. The van der Waals surface area contributed by atoms with Gasteiger partial charge in [0.1, 0.15) is 0 Å². The average molecular weight is 181 g/mol. The lowest BCUT2D eigenvalue weighted by molar-refractivity contribution is 0.504. The van der Waals surface area contributed by atoms with E-state index >= 15 is 0 Å². The van der Waals surface area contributed by atoms with Gasteiger partial charge in [0, 0.05) is 8.38 Å². The van der Waals surface area contributed by atoms with E-state index in [1.807, 2.05) is 0 Å². The number of rotatable bonds is 3. The molecular formula is C12H25B. The van der Waals surface area contributed by atoms with Crippen molar-refractivity contribution in [2.45, 2.75) is 59.3 Å². The van der Waals surface area contributed by atoms with Gasteiger partial charge in [0.25, 0.3) is 0 Å². The zero-order valence-electron chi connectivity index (χ0n) is 10.6. The van der Waals surface area contributed by atoms with Gasteiger partial charge in [-0.15, -0.1) is 0 Å². The van der Waals surface area contributed by atoms with Crippen LogP contribution in [0.4, 0.5) is 0 Å². The first-order valence-corrected chi connectivity index (χ1v) is 5.44. The maximum atomic E-state index is 5.25. The molecule has 0 amide bonds. The molecule has 1 aliphatic carbocycles. The molecule has 0 N–H and O–H groups in total. The third kappa shape index (κ3) is 11.8. The molecule has 0 saturated heterocycles. The minimum atomic E-state index is 0.782. The molecule has 1 saturated carbocycles. The van der Waals surface area contributed by atoms with E-state index in [0.717, 1.165) is 5.92 Å². The summed E-state index contributed by atoms with van der Waals surface area (Å²) in [4.78, 5) is 0. The smallest absolute Gasteiger partial charge is 0.0379 e. The van der Waals surface area contributed by atoms with Gasteiger partial charge < -0.3 is 0 Å². The van der Waals surface area contributed by atoms with Gasteiger partial charge in [-0.1, -0.05) is 58.1 Å². The Morgan fingerprint density at radius 2 is 1.77 bits per heavy atom. The monoisotopic (exact) mass is 181 g/mol. The predicted molar refractivity (Wildman–Crippen MR) is 64.5 cm³/mol. The van der Waals surface area contributed by atoms with E-state index in [9.17, 15) is 0 Å². The second-order valence-electron chi connectivity index (χ2n) is 3.71. The van der Waals surface area contributed by atoms with Crippen LogP contribution in [0.5, 0.6) is 0 Å². The summed E-state index contributed by atoms with van der Waals surface area (Å²) in [6, 6.07) is 0. The normalized spacial score (nSPS) is 17.0. The summed E-state index contributed by atoms with van der Waals surface area (Å²) in [6.45, 7) is 6.55. The zero-order chi connectivity index (χ0) is 11.2. The summed E-state index contributed by atoms with van der Waals surface area (Å²) in [6.07, 6.45) is 13.0. The minimum absolute atomic E-state index is 0.782. The van der Waals surface area contributed by atoms with Crippen LogP contribution in [0.25, 0.3) is 0 Å². The van der Waals surface area contributed by atoms with Crippen molar-refractivity contribution in [2.24, 2.45) is 5.92 Å². The Labute approximate surface area is 87.7 Å². The van der Waals surface area contributed by atoms with Crippen LogP contribution >= 0.6 is 0 Å².